The molecule has 7 nitrogen and oxygen atoms in total. The van der Waals surface area contributed by atoms with Gasteiger partial charge in [0.05, 0.1) is 18.8 Å². The topological polar surface area (TPSA) is 106 Å². The number of hydrogen-bond acceptors (Lipinski definition) is 6. The summed E-state index contributed by atoms with van der Waals surface area (Å²) in [6.07, 6.45) is 0.579. The lowest BCUT2D eigenvalue weighted by atomic mass is 10.2. The smallest absolute Gasteiger partial charge is 0.245 e. The number of aliphatic hydroxyl groups is 1. The highest BCUT2D eigenvalue weighted by atomic mass is 32.2. The zero-order valence-corrected chi connectivity index (χ0v) is 13.1. The van der Waals surface area contributed by atoms with E-state index in [1.807, 2.05) is 0 Å². The Kier molecular flexibility index (Phi) is 4.89. The summed E-state index contributed by atoms with van der Waals surface area (Å²) in [6.45, 7) is 1.78. The molecular weight excluding hydrogens is 314 g/mol. The molecule has 0 radical (unpaired) electrons. The molecule has 2 atom stereocenters. The summed E-state index contributed by atoms with van der Waals surface area (Å²) in [7, 11) is -3.80. The molecule has 1 aromatic rings. The molecule has 1 aliphatic heterocycles. The number of ether oxygens (including phenoxy) is 1. The van der Waals surface area contributed by atoms with Crippen LogP contribution in [0.5, 0.6) is 0 Å². The molecule has 2 rings (SSSR count). The lowest BCUT2D eigenvalue weighted by molar-refractivity contribution is -0.0750. The van der Waals surface area contributed by atoms with Gasteiger partial charge in [0, 0.05) is 19.3 Å². The fraction of sp³-hybridized carbons (Fsp3) is 0.500. The second-order valence-electron chi connectivity index (χ2n) is 4.79. The molecule has 3 N–H and O–H groups in total. The molecule has 21 heavy (non-hydrogen) atoms. The van der Waals surface area contributed by atoms with Gasteiger partial charge in [-0.05, 0) is 19.1 Å². The van der Waals surface area contributed by atoms with Crippen LogP contribution < -0.4 is 5.73 Å². The molecule has 0 spiro atoms. The Balaban J connectivity index is 2.40. The van der Waals surface area contributed by atoms with Gasteiger partial charge in [0.1, 0.15) is 15.6 Å². The van der Waals surface area contributed by atoms with Gasteiger partial charge in [0.15, 0.2) is 0 Å². The quantitative estimate of drug-likeness (QED) is 0.716. The molecule has 1 aliphatic rings. The molecular formula is C12H17N3O4S2. The summed E-state index contributed by atoms with van der Waals surface area (Å²) in [5.41, 5.74) is 5.62. The minimum absolute atomic E-state index is 0.0247. The van der Waals surface area contributed by atoms with Crippen molar-refractivity contribution in [3.63, 3.8) is 0 Å². The molecule has 9 heteroatoms. The van der Waals surface area contributed by atoms with Crippen molar-refractivity contribution in [1.82, 2.24) is 9.29 Å². The molecule has 1 fully saturated rings. The van der Waals surface area contributed by atoms with Gasteiger partial charge < -0.3 is 15.6 Å². The third kappa shape index (κ3) is 3.38. The molecule has 0 bridgehead atoms. The fourth-order valence-electron chi connectivity index (χ4n) is 2.22. The Labute approximate surface area is 128 Å². The first-order valence-corrected chi connectivity index (χ1v) is 8.22. The number of hydrogen-bond donors (Lipinski definition) is 2. The van der Waals surface area contributed by atoms with Crippen LogP contribution in [0.2, 0.25) is 0 Å². The van der Waals surface area contributed by atoms with Crippen LogP contribution in [0.3, 0.4) is 0 Å². The van der Waals surface area contributed by atoms with Crippen molar-refractivity contribution in [3.8, 4) is 0 Å². The van der Waals surface area contributed by atoms with Crippen LogP contribution in [0.25, 0.3) is 0 Å². The summed E-state index contributed by atoms with van der Waals surface area (Å²) in [4.78, 5) is 3.85. The predicted octanol–water partition coefficient (Wildman–Crippen LogP) is -0.514. The molecule has 0 saturated carbocycles. The summed E-state index contributed by atoms with van der Waals surface area (Å²) >= 11 is 4.86. The van der Waals surface area contributed by atoms with E-state index in [9.17, 15) is 13.5 Å². The molecule has 2 heterocycles. The Hall–Kier alpha value is -1.13. The average Bonchev–Trinajstić information content (AvgIpc) is 2.46. The maximum atomic E-state index is 12.8. The molecule has 0 amide bonds. The highest BCUT2D eigenvalue weighted by Gasteiger charge is 2.35. The van der Waals surface area contributed by atoms with E-state index < -0.39 is 16.1 Å². The lowest BCUT2D eigenvalue weighted by Crippen LogP contribution is -2.50. The van der Waals surface area contributed by atoms with Crippen molar-refractivity contribution in [2.24, 2.45) is 5.73 Å². The van der Waals surface area contributed by atoms with Crippen molar-refractivity contribution in [2.45, 2.75) is 24.0 Å². The van der Waals surface area contributed by atoms with Crippen molar-refractivity contribution in [3.05, 3.63) is 24.0 Å². The highest BCUT2D eigenvalue weighted by molar-refractivity contribution is 7.89. The molecule has 1 aromatic heterocycles. The van der Waals surface area contributed by atoms with E-state index in [-0.39, 0.29) is 41.4 Å². The standard InChI is InChI=1S/C12H17N3O4S2/c1-8-5-15(6-9(7-16)19-8)21(17,18)10-3-2-4-14-11(10)12(13)20/h2-4,8-9,16H,5-7H2,1H3,(H2,13,20). The van der Waals surface area contributed by atoms with E-state index in [0.717, 1.165) is 0 Å². The van der Waals surface area contributed by atoms with Gasteiger partial charge in [-0.2, -0.15) is 4.31 Å². The SMILES string of the molecule is CC1CN(S(=O)(=O)c2cccnc2C(N)=S)CC(CO)O1. The zero-order chi connectivity index (χ0) is 15.6. The van der Waals surface area contributed by atoms with Crippen LogP contribution in [-0.2, 0) is 14.8 Å². The number of morpholine rings is 1. The molecule has 0 aliphatic carbocycles. The van der Waals surface area contributed by atoms with Crippen LogP contribution in [0.15, 0.2) is 23.2 Å². The van der Waals surface area contributed by atoms with E-state index in [4.69, 9.17) is 22.7 Å². The van der Waals surface area contributed by atoms with Crippen LogP contribution >= 0.6 is 12.2 Å². The first-order valence-electron chi connectivity index (χ1n) is 6.37. The number of rotatable bonds is 4. The monoisotopic (exact) mass is 331 g/mol. The van der Waals surface area contributed by atoms with Crippen molar-refractivity contribution in [1.29, 1.82) is 0 Å². The molecule has 1 saturated heterocycles. The number of nitrogens with zero attached hydrogens (tertiary/aromatic N) is 2. The first-order chi connectivity index (χ1) is 9.86. The molecule has 2 unspecified atom stereocenters. The van der Waals surface area contributed by atoms with Crippen molar-refractivity contribution < 1.29 is 18.3 Å². The number of sulfonamides is 1. The Bertz CT molecular complexity index is 635. The van der Waals surface area contributed by atoms with Gasteiger partial charge in [-0.1, -0.05) is 12.2 Å². The minimum atomic E-state index is -3.80. The number of aromatic nitrogens is 1. The highest BCUT2D eigenvalue weighted by Crippen LogP contribution is 2.22. The summed E-state index contributed by atoms with van der Waals surface area (Å²) in [5, 5.41) is 9.21. The predicted molar refractivity (Wildman–Crippen MR) is 80.3 cm³/mol. The Morgan fingerprint density at radius 3 is 2.95 bits per heavy atom. The number of nitrogens with two attached hydrogens (primary N) is 1. The second-order valence-corrected chi connectivity index (χ2v) is 7.13. The largest absolute Gasteiger partial charge is 0.394 e. The van der Waals surface area contributed by atoms with Crippen LogP contribution in [0, 0.1) is 0 Å². The van der Waals surface area contributed by atoms with Crippen LogP contribution in [-0.4, -0.2) is 59.7 Å². The maximum absolute atomic E-state index is 12.8. The van der Waals surface area contributed by atoms with Crippen molar-refractivity contribution >= 4 is 27.2 Å². The summed E-state index contributed by atoms with van der Waals surface area (Å²) < 4.78 is 32.2. The average molecular weight is 331 g/mol. The van der Waals surface area contributed by atoms with Gasteiger partial charge in [-0.15, -0.1) is 0 Å². The van der Waals surface area contributed by atoms with Crippen LogP contribution in [0.1, 0.15) is 12.6 Å². The van der Waals surface area contributed by atoms with Gasteiger partial charge in [-0.3, -0.25) is 4.98 Å². The molecule has 0 aromatic carbocycles. The first kappa shape index (κ1) is 16.2. The van der Waals surface area contributed by atoms with Gasteiger partial charge in [0.25, 0.3) is 0 Å². The maximum Gasteiger partial charge on any atom is 0.245 e. The number of pyridine rings is 1. The van der Waals surface area contributed by atoms with E-state index in [1.54, 1.807) is 6.92 Å². The van der Waals surface area contributed by atoms with E-state index in [0.29, 0.717) is 0 Å². The van der Waals surface area contributed by atoms with Gasteiger partial charge in [-0.25, -0.2) is 8.42 Å². The summed E-state index contributed by atoms with van der Waals surface area (Å²) in [6, 6.07) is 2.94. The van der Waals surface area contributed by atoms with E-state index in [2.05, 4.69) is 4.98 Å². The summed E-state index contributed by atoms with van der Waals surface area (Å²) in [5.74, 6) is 0. The second kappa shape index (κ2) is 6.32. The fourth-order valence-corrected chi connectivity index (χ4v) is 4.15. The third-order valence-corrected chi connectivity index (χ3v) is 5.17. The number of thiocarbonyl (C=S) groups is 1. The van der Waals surface area contributed by atoms with Gasteiger partial charge >= 0.3 is 0 Å². The minimum Gasteiger partial charge on any atom is -0.394 e. The van der Waals surface area contributed by atoms with E-state index >= 15 is 0 Å². The van der Waals surface area contributed by atoms with E-state index in [1.165, 1.54) is 22.6 Å². The lowest BCUT2D eigenvalue weighted by Gasteiger charge is -2.35. The van der Waals surface area contributed by atoms with Crippen LogP contribution in [0.4, 0.5) is 0 Å². The molecule has 116 valence electrons. The Morgan fingerprint density at radius 1 is 1.62 bits per heavy atom. The third-order valence-electron chi connectivity index (χ3n) is 3.12. The Morgan fingerprint density at radius 2 is 2.33 bits per heavy atom. The normalized spacial score (nSPS) is 23.9. The van der Waals surface area contributed by atoms with Gasteiger partial charge in [0.2, 0.25) is 10.0 Å². The van der Waals surface area contributed by atoms with Crippen molar-refractivity contribution in [2.75, 3.05) is 19.7 Å². The zero-order valence-electron chi connectivity index (χ0n) is 11.5. The number of aliphatic hydroxyl groups excluding tert-OH is 1.